The number of hydrogen-bond donors (Lipinski definition) is 3. The number of morpholine rings is 6. The molecule has 7 aliphatic heterocycles. The van der Waals surface area contributed by atoms with Crippen LogP contribution in [0.4, 0.5) is 56.1 Å². The molecular formula is C100H125ClN26O10. The second kappa shape index (κ2) is 43.7. The molecule has 0 bridgehead atoms. The largest absolute Gasteiger partial charge is 0.442 e. The number of nitrogens with zero attached hydrogens (tertiary/aromatic N) is 23. The highest BCUT2D eigenvalue weighted by molar-refractivity contribution is 6.29. The monoisotopic (exact) mass is 1880 g/mol. The zero-order valence-corrected chi connectivity index (χ0v) is 78.9. The molecule has 0 aliphatic carbocycles. The van der Waals surface area contributed by atoms with Gasteiger partial charge in [-0.2, -0.15) is 44.8 Å². The molecule has 6 aromatic carbocycles. The van der Waals surface area contributed by atoms with Crippen molar-refractivity contribution in [1.29, 1.82) is 0 Å². The summed E-state index contributed by atoms with van der Waals surface area (Å²) in [6.07, 6.45) is 6.90. The maximum Gasteiger partial charge on any atom is 0.435 e. The average Bonchev–Trinajstić information content (AvgIpc) is 1.65. The minimum absolute atomic E-state index is 0. The molecule has 6 fully saturated rings. The van der Waals surface area contributed by atoms with Crippen molar-refractivity contribution in [2.75, 3.05) is 209 Å². The van der Waals surface area contributed by atoms with Crippen molar-refractivity contribution in [2.24, 2.45) is 26.1 Å². The van der Waals surface area contributed by atoms with Gasteiger partial charge in [0.15, 0.2) is 0 Å². The number of carbonyl (C=O) groups excluding carboxylic acids is 2. The summed E-state index contributed by atoms with van der Waals surface area (Å²) >= 11 is 6.35. The van der Waals surface area contributed by atoms with Crippen LogP contribution in [0.3, 0.4) is 0 Å². The van der Waals surface area contributed by atoms with Gasteiger partial charge >= 0.3 is 12.2 Å². The van der Waals surface area contributed by atoms with Crippen LogP contribution in [0.15, 0.2) is 145 Å². The van der Waals surface area contributed by atoms with Crippen LogP contribution < -0.4 is 31.1 Å². The third kappa shape index (κ3) is 24.1. The number of nitrogen functional groups attached to an aromatic ring is 1. The Morgan fingerprint density at radius 2 is 0.766 bits per heavy atom. The predicted octanol–water partition coefficient (Wildman–Crippen LogP) is 14.1. The number of halogens is 1. The number of nitrogens with one attached hydrogen (secondary N) is 2. The third-order valence-electron chi connectivity index (χ3n) is 24.4. The summed E-state index contributed by atoms with van der Waals surface area (Å²) in [5.41, 5.74) is 22.7. The maximum atomic E-state index is 12.9. The lowest BCUT2D eigenvalue weighted by Crippen LogP contribution is -2.37. The minimum Gasteiger partial charge on any atom is -0.442 e. The van der Waals surface area contributed by atoms with Gasteiger partial charge in [-0.15, -0.1) is 0 Å². The molecule has 37 heteroatoms. The van der Waals surface area contributed by atoms with Gasteiger partial charge in [0.1, 0.15) is 28.0 Å². The molecule has 137 heavy (non-hydrogen) atoms. The van der Waals surface area contributed by atoms with E-state index in [0.717, 1.165) is 251 Å². The molecule has 0 unspecified atom stereocenters. The lowest BCUT2D eigenvalue weighted by atomic mass is 10.1. The van der Waals surface area contributed by atoms with Gasteiger partial charge in [0, 0.05) is 224 Å². The fraction of sp³-hybridized carbons (Fsp3) is 0.440. The molecule has 0 saturated carbocycles. The van der Waals surface area contributed by atoms with Crippen LogP contribution in [-0.4, -0.2) is 301 Å². The minimum atomic E-state index is -0.637. The predicted molar refractivity (Wildman–Crippen MR) is 537 cm³/mol. The van der Waals surface area contributed by atoms with Crippen molar-refractivity contribution in [3.05, 3.63) is 173 Å². The Hall–Kier alpha value is -12.8. The van der Waals surface area contributed by atoms with Crippen LogP contribution in [0.1, 0.15) is 84.6 Å². The van der Waals surface area contributed by atoms with Crippen LogP contribution in [0, 0.1) is 0 Å². The summed E-state index contributed by atoms with van der Waals surface area (Å²) in [5.74, 6) is 3.40. The lowest BCUT2D eigenvalue weighted by molar-refractivity contribution is 0.0383. The number of carbonyl (C=O) groups is 2. The average molecular weight is 1890 g/mol. The van der Waals surface area contributed by atoms with Gasteiger partial charge in [0.2, 0.25) is 17.8 Å². The summed E-state index contributed by atoms with van der Waals surface area (Å²) in [6, 6.07) is 42.5. The van der Waals surface area contributed by atoms with E-state index in [-0.39, 0.29) is 14.9 Å². The lowest BCUT2D eigenvalue weighted by Gasteiger charge is -2.27. The molecular weight excluding hydrogens is 1760 g/mol. The topological polar surface area (TPSA) is 356 Å². The zero-order valence-electron chi connectivity index (χ0n) is 78.1. The van der Waals surface area contributed by atoms with E-state index in [1.54, 1.807) is 24.5 Å². The van der Waals surface area contributed by atoms with Gasteiger partial charge in [0.25, 0.3) is 0 Å². The smallest absolute Gasteiger partial charge is 0.435 e. The molecule has 4 N–H and O–H groups in total. The van der Waals surface area contributed by atoms with E-state index in [0.29, 0.717) is 98.3 Å². The number of anilines is 8. The highest BCUT2D eigenvalue weighted by Gasteiger charge is 2.28. The summed E-state index contributed by atoms with van der Waals surface area (Å²) in [4.78, 5) is 72.0. The summed E-state index contributed by atoms with van der Waals surface area (Å²) in [7, 11) is 6.01. The van der Waals surface area contributed by atoms with E-state index in [2.05, 4.69) is 133 Å². The summed E-state index contributed by atoms with van der Waals surface area (Å²) < 4.78 is 52.3. The molecule has 21 rings (SSSR count). The highest BCUT2D eigenvalue weighted by Crippen LogP contribution is 2.36. The zero-order chi connectivity index (χ0) is 93.3. The fourth-order valence-corrected chi connectivity index (χ4v) is 17.6. The first-order valence-corrected chi connectivity index (χ1v) is 46.8. The number of rotatable bonds is 19. The first-order chi connectivity index (χ1) is 65.4. The Bertz CT molecular complexity index is 6580. The summed E-state index contributed by atoms with van der Waals surface area (Å²) in [5, 5.41) is 35.5. The first-order valence-electron chi connectivity index (χ1n) is 46.4. The van der Waals surface area contributed by atoms with Crippen LogP contribution in [0.5, 0.6) is 0 Å². The number of hydrogen-bond acceptors (Lipinski definition) is 31. The SMILES string of the molecule is C.C.CC(C)(C)OC(=O)n1ncc2ccc(N)cc21.Cn1nc(CCN2CCOCC2)c2ccc(-c3cc(Cl)nc(N4CCOCC4)n3)cc21.Cn1nc(CCN2CCOCC2)c2ccc(-c3cc(Nc4ccc5c(c4)CN=C5)nc(N4CCOCC4)n3)cc21.Cn1nc(CCN2CCOCC2)c2ccc(-c3cc(Nc4ccc5cnn(C(=O)OC(C)(C)C)c5c4)nc(N4CCOCC4)n3)cc21. The number of ether oxygens (including phenoxy) is 8. The van der Waals surface area contributed by atoms with Gasteiger partial charge in [-0.3, -0.25) is 33.7 Å². The number of benzene rings is 6. The van der Waals surface area contributed by atoms with Gasteiger partial charge in [-0.05, 0) is 119 Å². The normalized spacial score (nSPS) is 16.2. The van der Waals surface area contributed by atoms with E-state index in [9.17, 15) is 9.59 Å². The highest BCUT2D eigenvalue weighted by atomic mass is 35.5. The van der Waals surface area contributed by atoms with Crippen molar-refractivity contribution in [3.63, 3.8) is 0 Å². The number of aliphatic imine (C=N–C) groups is 1. The van der Waals surface area contributed by atoms with Crippen LogP contribution in [-0.2, 0) is 84.8 Å². The Morgan fingerprint density at radius 1 is 0.409 bits per heavy atom. The fourth-order valence-electron chi connectivity index (χ4n) is 17.4. The second-order valence-electron chi connectivity index (χ2n) is 36.4. The molecule has 7 aliphatic rings. The van der Waals surface area contributed by atoms with E-state index in [1.807, 2.05) is 125 Å². The van der Waals surface area contributed by atoms with Crippen LogP contribution >= 0.6 is 11.6 Å². The molecule has 0 atom stereocenters. The Morgan fingerprint density at radius 3 is 1.17 bits per heavy atom. The first kappa shape index (κ1) is 97.3. The van der Waals surface area contributed by atoms with Crippen LogP contribution in [0.25, 0.3) is 88.3 Å². The molecule has 8 aromatic heterocycles. The molecule has 0 amide bonds. The summed E-state index contributed by atoms with van der Waals surface area (Å²) in [6.45, 7) is 33.8. The Balaban J connectivity index is 0.000000138. The van der Waals surface area contributed by atoms with Gasteiger partial charge < -0.3 is 69.0 Å². The van der Waals surface area contributed by atoms with Gasteiger partial charge in [-0.25, -0.2) is 29.5 Å². The molecule has 36 nitrogen and oxygen atoms in total. The van der Waals surface area contributed by atoms with Crippen molar-refractivity contribution >= 4 is 131 Å². The molecule has 15 heterocycles. The molecule has 0 radical (unpaired) electrons. The molecule has 0 spiro atoms. The van der Waals surface area contributed by atoms with Crippen molar-refractivity contribution in [2.45, 2.75) is 93.4 Å². The van der Waals surface area contributed by atoms with Crippen LogP contribution in [0.2, 0.25) is 5.15 Å². The molecule has 6 saturated heterocycles. The third-order valence-corrected chi connectivity index (χ3v) is 24.6. The van der Waals surface area contributed by atoms with Crippen molar-refractivity contribution < 1.29 is 47.5 Å². The number of aryl methyl sites for hydroxylation is 3. The second-order valence-corrected chi connectivity index (χ2v) is 36.8. The van der Waals surface area contributed by atoms with E-state index >= 15 is 0 Å². The van der Waals surface area contributed by atoms with Gasteiger partial charge in [0.05, 0.1) is 160 Å². The molecule has 722 valence electrons. The standard InChI is InChI=1S/C34H41N9O4.C30H34N8O2.C22H27ClN6O2.C12H15N3O2.2CH4/c1-34(2,3)47-33(44)43-29-20-25(7-5-24(29)22-35-43)36-31-21-28(37-32(38-31)42-13-17-46-18-14-42)23-6-8-26-27(39-40(4)30(26)19-23)9-10-41-11-15-45-16-12-41;1-36-28-17-21(3-5-25(28)26(35-36)6-7-37-8-12-39-13-9-37)27-18-29(34-30(33-27)38-10-14-40-15-11-38)32-24-4-2-22-19-31-20-23(22)16-24;1-27-20-14-16(19-15-21(23)25-22(24-19)29-8-12-31-13-9-29)2-3-17(20)18(26-27)4-5-28-6-10-30-11-7-28;1-12(2,3)17-11(16)15-10-6-9(13)5-4-8(10)7-14-15;;/h5-8,19-22H,9-18H2,1-4H3,(H,36,37,38);2-5,16-19H,6-15,20H2,1H3,(H,32,33,34);2-3,14-15H,4-13H2,1H3;4-7H,13H2,1-3H3;2*1H4. The van der Waals surface area contributed by atoms with E-state index in [4.69, 9.17) is 95.4 Å². The van der Waals surface area contributed by atoms with E-state index < -0.39 is 23.4 Å². The number of fused-ring (bicyclic) bond motifs is 6. The Kier molecular flexibility index (Phi) is 31.1. The van der Waals surface area contributed by atoms with E-state index in [1.165, 1.54) is 31.3 Å². The number of nitrogens with two attached hydrogens (primary N) is 1. The number of aromatic nitrogens is 16. The van der Waals surface area contributed by atoms with Crippen molar-refractivity contribution in [3.8, 4) is 33.8 Å². The molecule has 14 aromatic rings. The maximum absolute atomic E-state index is 12.9. The van der Waals surface area contributed by atoms with Gasteiger partial charge in [-0.1, -0.05) is 68.9 Å². The van der Waals surface area contributed by atoms with Crippen molar-refractivity contribution in [1.82, 2.24) is 93.5 Å². The quantitative estimate of drug-likeness (QED) is 0.0500. The Labute approximate surface area is 802 Å².